The van der Waals surface area contributed by atoms with Gasteiger partial charge in [-0.1, -0.05) is 119 Å². The highest BCUT2D eigenvalue weighted by molar-refractivity contribution is 7.98. The van der Waals surface area contributed by atoms with E-state index >= 15 is 0 Å². The number of phenols is 1. The minimum absolute atomic E-state index is 0.00686. The van der Waals surface area contributed by atoms with Crippen LogP contribution in [0.25, 0.3) is 38.6 Å². The van der Waals surface area contributed by atoms with Gasteiger partial charge in [-0.25, -0.2) is 0 Å². The molecule has 0 aliphatic heterocycles. The molecule has 232 valence electrons. The van der Waals surface area contributed by atoms with Gasteiger partial charge in [0.05, 0.1) is 16.7 Å². The highest BCUT2D eigenvalue weighted by Gasteiger charge is 2.31. The summed E-state index contributed by atoms with van der Waals surface area (Å²) in [5, 5.41) is 14.8. The van der Waals surface area contributed by atoms with Crippen LogP contribution in [-0.4, -0.2) is 15.9 Å². The Bertz CT molecular complexity index is 1780. The van der Waals surface area contributed by atoms with E-state index in [2.05, 4.69) is 160 Å². The van der Waals surface area contributed by atoms with Gasteiger partial charge < -0.3 is 9.67 Å². The first-order valence-electron chi connectivity index (χ1n) is 15.9. The molecule has 1 N–H and O–H groups in total. The smallest absolute Gasteiger partial charge is 0.147 e. The van der Waals surface area contributed by atoms with Crippen molar-refractivity contribution < 1.29 is 5.11 Å². The van der Waals surface area contributed by atoms with Crippen molar-refractivity contribution in [3.8, 4) is 22.6 Å². The fourth-order valence-corrected chi connectivity index (χ4v) is 7.50. The Morgan fingerprint density at radius 3 is 1.61 bits per heavy atom. The second-order valence-corrected chi connectivity index (χ2v) is 17.4. The Kier molecular flexibility index (Phi) is 8.07. The maximum Gasteiger partial charge on any atom is 0.147 e. The number of thioether (sulfide) groups is 1. The summed E-state index contributed by atoms with van der Waals surface area (Å²) in [6.07, 6.45) is 3.13. The van der Waals surface area contributed by atoms with Gasteiger partial charge in [-0.3, -0.25) is 0 Å². The van der Waals surface area contributed by atoms with Crippen molar-refractivity contribution in [3.05, 3.63) is 89.5 Å². The molecular weight excluding hydrogens is 555 g/mol. The summed E-state index contributed by atoms with van der Waals surface area (Å²) in [6.45, 7) is 25.2. The Morgan fingerprint density at radius 1 is 0.614 bits per heavy atom. The van der Waals surface area contributed by atoms with Gasteiger partial charge in [-0.2, -0.15) is 0 Å². The molecule has 0 atom stereocenters. The van der Waals surface area contributed by atoms with E-state index in [1.807, 2.05) is 0 Å². The van der Waals surface area contributed by atoms with E-state index in [0.717, 1.165) is 39.2 Å². The lowest BCUT2D eigenvalue weighted by molar-refractivity contribution is 0.284. The fraction of sp³-hybridized carbons (Fsp3) is 0.415. The molecule has 0 saturated carbocycles. The third kappa shape index (κ3) is 6.05. The molecule has 0 aliphatic rings. The predicted molar refractivity (Wildman–Crippen MR) is 194 cm³/mol. The average molecular weight is 606 g/mol. The van der Waals surface area contributed by atoms with Crippen molar-refractivity contribution in [1.82, 2.24) is 4.57 Å². The molecule has 5 aromatic rings. The van der Waals surface area contributed by atoms with E-state index < -0.39 is 0 Å². The summed E-state index contributed by atoms with van der Waals surface area (Å²) >= 11 is 1.72. The van der Waals surface area contributed by atoms with Crippen LogP contribution in [0.1, 0.15) is 99.3 Å². The van der Waals surface area contributed by atoms with Crippen molar-refractivity contribution in [1.29, 1.82) is 0 Å². The second-order valence-electron chi connectivity index (χ2n) is 16.5. The molecule has 1 heterocycles. The molecular formula is C41H51NOS. The van der Waals surface area contributed by atoms with Gasteiger partial charge in [0.2, 0.25) is 0 Å². The summed E-state index contributed by atoms with van der Waals surface area (Å²) in [6, 6.07) is 26.7. The summed E-state index contributed by atoms with van der Waals surface area (Å²) in [7, 11) is 0. The SMILES string of the molecule is CSc1ccccc1-c1cc(C(C)(C)CC(C)(C)C)cc(-n2c3cc(C(C)(C)C)ccc3c3ccc(C(C)(C)C)cc32)c1O. The van der Waals surface area contributed by atoms with Crippen molar-refractivity contribution in [2.24, 2.45) is 5.41 Å². The predicted octanol–water partition coefficient (Wildman–Crippen LogP) is 12.2. The van der Waals surface area contributed by atoms with Crippen LogP contribution in [0.5, 0.6) is 5.75 Å². The van der Waals surface area contributed by atoms with E-state index in [4.69, 9.17) is 0 Å². The number of hydrogen-bond acceptors (Lipinski definition) is 2. The van der Waals surface area contributed by atoms with Crippen LogP contribution in [0, 0.1) is 5.41 Å². The highest BCUT2D eigenvalue weighted by Crippen LogP contribution is 2.47. The van der Waals surface area contributed by atoms with Crippen LogP contribution in [0.3, 0.4) is 0 Å². The van der Waals surface area contributed by atoms with Crippen LogP contribution in [0.15, 0.2) is 77.7 Å². The van der Waals surface area contributed by atoms with E-state index in [1.165, 1.54) is 27.5 Å². The number of rotatable bonds is 5. The van der Waals surface area contributed by atoms with Gasteiger partial charge in [-0.05, 0) is 86.9 Å². The number of aromatic nitrogens is 1. The minimum atomic E-state index is -0.115. The standard InChI is InChI=1S/C41H51NOS/c1-38(2,3)25-41(10,11)28-21-32(31-15-13-14-16-36(31)44-12)37(43)35(24-28)42-33-22-26(39(4,5)6)17-19-29(33)30-20-18-27(23-34(30)42)40(7,8)9/h13-24,43H,25H2,1-12H3. The minimum Gasteiger partial charge on any atom is -0.505 e. The Labute approximate surface area is 269 Å². The normalized spacial score (nSPS) is 13.3. The van der Waals surface area contributed by atoms with Crippen LogP contribution in [0.2, 0.25) is 0 Å². The van der Waals surface area contributed by atoms with Crippen LogP contribution < -0.4 is 0 Å². The molecule has 4 aromatic carbocycles. The summed E-state index contributed by atoms with van der Waals surface area (Å²) in [5.41, 5.74) is 8.87. The maximum atomic E-state index is 12.4. The quantitative estimate of drug-likeness (QED) is 0.202. The Morgan fingerprint density at radius 2 is 1.14 bits per heavy atom. The Hall–Kier alpha value is -3.17. The molecule has 0 radical (unpaired) electrons. The number of benzene rings is 4. The van der Waals surface area contributed by atoms with Gasteiger partial charge in [-0.15, -0.1) is 11.8 Å². The zero-order chi connectivity index (χ0) is 32.4. The molecule has 0 unspecified atom stereocenters. The number of hydrogen-bond donors (Lipinski definition) is 1. The molecule has 0 saturated heterocycles. The molecule has 0 amide bonds. The van der Waals surface area contributed by atoms with Crippen LogP contribution in [0.4, 0.5) is 0 Å². The average Bonchev–Trinajstić information content (AvgIpc) is 3.24. The van der Waals surface area contributed by atoms with Crippen LogP contribution >= 0.6 is 11.8 Å². The van der Waals surface area contributed by atoms with E-state index in [1.54, 1.807) is 11.8 Å². The lowest BCUT2D eigenvalue weighted by Crippen LogP contribution is -2.25. The monoisotopic (exact) mass is 605 g/mol. The van der Waals surface area contributed by atoms with Crippen molar-refractivity contribution >= 4 is 33.6 Å². The molecule has 44 heavy (non-hydrogen) atoms. The van der Waals surface area contributed by atoms with Crippen LogP contribution in [-0.2, 0) is 16.2 Å². The highest BCUT2D eigenvalue weighted by atomic mass is 32.2. The number of aromatic hydroxyl groups is 1. The number of fused-ring (bicyclic) bond motifs is 3. The zero-order valence-corrected chi connectivity index (χ0v) is 29.8. The van der Waals surface area contributed by atoms with Gasteiger partial charge in [0.1, 0.15) is 5.75 Å². The molecule has 0 aliphatic carbocycles. The van der Waals surface area contributed by atoms with E-state index in [9.17, 15) is 5.11 Å². The summed E-state index contributed by atoms with van der Waals surface area (Å²) < 4.78 is 2.34. The number of phenolic OH excluding ortho intramolecular Hbond substituents is 1. The van der Waals surface area contributed by atoms with Crippen molar-refractivity contribution in [3.63, 3.8) is 0 Å². The lowest BCUT2D eigenvalue weighted by atomic mass is 9.71. The zero-order valence-electron chi connectivity index (χ0n) is 28.9. The van der Waals surface area contributed by atoms with Crippen molar-refractivity contribution in [2.45, 2.75) is 104 Å². The third-order valence-corrected chi connectivity index (χ3v) is 9.78. The molecule has 2 nitrogen and oxygen atoms in total. The Balaban J connectivity index is 1.97. The van der Waals surface area contributed by atoms with E-state index in [-0.39, 0.29) is 21.7 Å². The topological polar surface area (TPSA) is 25.2 Å². The molecule has 3 heteroatoms. The lowest BCUT2D eigenvalue weighted by Gasteiger charge is -2.34. The second kappa shape index (κ2) is 11.0. The van der Waals surface area contributed by atoms with Gasteiger partial charge >= 0.3 is 0 Å². The summed E-state index contributed by atoms with van der Waals surface area (Å²) in [5.74, 6) is 0.322. The molecule has 0 bridgehead atoms. The number of nitrogens with zero attached hydrogens (tertiary/aromatic N) is 1. The first kappa shape index (κ1) is 32.2. The third-order valence-electron chi connectivity index (χ3n) is 8.98. The molecule has 5 rings (SSSR count). The van der Waals surface area contributed by atoms with Gasteiger partial charge in [0.15, 0.2) is 0 Å². The van der Waals surface area contributed by atoms with E-state index in [0.29, 0.717) is 5.75 Å². The molecule has 0 spiro atoms. The molecule has 1 aromatic heterocycles. The first-order chi connectivity index (χ1) is 20.3. The maximum absolute atomic E-state index is 12.4. The van der Waals surface area contributed by atoms with Gasteiger partial charge in [0.25, 0.3) is 0 Å². The first-order valence-corrected chi connectivity index (χ1v) is 17.1. The van der Waals surface area contributed by atoms with Crippen molar-refractivity contribution in [2.75, 3.05) is 6.26 Å². The van der Waals surface area contributed by atoms with Gasteiger partial charge in [0, 0.05) is 21.2 Å². The molecule has 0 fully saturated rings. The largest absolute Gasteiger partial charge is 0.505 e. The summed E-state index contributed by atoms with van der Waals surface area (Å²) in [4.78, 5) is 1.16. The fourth-order valence-electron chi connectivity index (χ4n) is 6.89.